The van der Waals surface area contributed by atoms with Crippen LogP contribution in [0.15, 0.2) is 0 Å². The molecular formula is C38H76N6O6S2. The molecule has 0 saturated carbocycles. The molecule has 0 aromatic heterocycles. The van der Waals surface area contributed by atoms with E-state index < -0.39 is 61.0 Å². The average molecular weight is 777 g/mol. The average Bonchev–Trinajstić information content (AvgIpc) is 3.14. The van der Waals surface area contributed by atoms with Gasteiger partial charge in [0.05, 0.1) is 25.3 Å². The van der Waals surface area contributed by atoms with Crippen LogP contribution in [-0.2, 0) is 19.2 Å². The molecule has 0 fully saturated rings. The van der Waals surface area contributed by atoms with Crippen molar-refractivity contribution in [1.29, 1.82) is 0 Å². The van der Waals surface area contributed by atoms with Crippen LogP contribution in [0.4, 0.5) is 0 Å². The predicted octanol–water partition coefficient (Wildman–Crippen LogP) is 4.14. The van der Waals surface area contributed by atoms with E-state index in [-0.39, 0.29) is 0 Å². The summed E-state index contributed by atoms with van der Waals surface area (Å²) in [5.41, 5.74) is 12.0. The molecule has 0 saturated heterocycles. The molecule has 4 atom stereocenters. The molecule has 0 aromatic rings. The maximum absolute atomic E-state index is 12.5. The van der Waals surface area contributed by atoms with Crippen LogP contribution >= 0.6 is 23.5 Å². The lowest BCUT2D eigenvalue weighted by Gasteiger charge is -2.19. The number of aliphatic hydroxyl groups excluding tert-OH is 2. The lowest BCUT2D eigenvalue weighted by molar-refractivity contribution is -0.130. The standard InChI is InChI=1S/C38H76N6O6S2/c1-3-5-7-9-11-13-15-17-19-21-23-41-37(49)33(27-45)43-35(47)31(39)29-51-25-26-52-30-32(40)36(48)44-34(28-46)38(50)42-24-22-20-18-16-14-12-10-8-6-4-2/h31-34,45-46H,3-30,39-40H2,1-2H3,(H,41,49)(H,42,50)(H,43,47)(H,44,48). The van der Waals surface area contributed by atoms with Gasteiger partial charge in [0.25, 0.3) is 0 Å². The summed E-state index contributed by atoms with van der Waals surface area (Å²) >= 11 is 2.92. The summed E-state index contributed by atoms with van der Waals surface area (Å²) in [4.78, 5) is 49.9. The molecule has 12 nitrogen and oxygen atoms in total. The van der Waals surface area contributed by atoms with Crippen LogP contribution in [-0.4, -0.2) is 107 Å². The van der Waals surface area contributed by atoms with Crippen molar-refractivity contribution < 1.29 is 29.4 Å². The highest BCUT2D eigenvalue weighted by Crippen LogP contribution is 2.12. The molecule has 306 valence electrons. The molecule has 0 aromatic carbocycles. The molecule has 0 bridgehead atoms. The lowest BCUT2D eigenvalue weighted by Crippen LogP contribution is -2.54. The predicted molar refractivity (Wildman–Crippen MR) is 218 cm³/mol. The highest BCUT2D eigenvalue weighted by atomic mass is 32.2. The number of aliphatic hydroxyl groups is 2. The Hall–Kier alpha value is -1.58. The van der Waals surface area contributed by atoms with E-state index in [0.717, 1.165) is 38.5 Å². The zero-order chi connectivity index (χ0) is 38.7. The van der Waals surface area contributed by atoms with Gasteiger partial charge in [-0.15, -0.1) is 0 Å². The third-order valence-electron chi connectivity index (χ3n) is 8.93. The minimum Gasteiger partial charge on any atom is -0.394 e. The molecular weight excluding hydrogens is 701 g/mol. The van der Waals surface area contributed by atoms with Crippen LogP contribution < -0.4 is 32.7 Å². The lowest BCUT2D eigenvalue weighted by atomic mass is 10.1. The van der Waals surface area contributed by atoms with Gasteiger partial charge in [0.1, 0.15) is 12.1 Å². The van der Waals surface area contributed by atoms with Crippen molar-refractivity contribution in [3.05, 3.63) is 0 Å². The summed E-state index contributed by atoms with van der Waals surface area (Å²) in [5.74, 6) is 0.119. The van der Waals surface area contributed by atoms with Crippen molar-refractivity contribution in [3.8, 4) is 0 Å². The number of hydrogen-bond acceptors (Lipinski definition) is 10. The van der Waals surface area contributed by atoms with Gasteiger partial charge >= 0.3 is 0 Å². The number of hydrogen-bond donors (Lipinski definition) is 8. The summed E-state index contributed by atoms with van der Waals surface area (Å²) in [6.07, 6.45) is 24.0. The number of nitrogens with one attached hydrogen (secondary N) is 4. The number of thioether (sulfide) groups is 2. The molecule has 0 radical (unpaired) electrons. The number of unbranched alkanes of at least 4 members (excludes halogenated alkanes) is 18. The molecule has 10 N–H and O–H groups in total. The van der Waals surface area contributed by atoms with E-state index in [2.05, 4.69) is 35.1 Å². The van der Waals surface area contributed by atoms with Crippen LogP contribution in [0.2, 0.25) is 0 Å². The van der Waals surface area contributed by atoms with E-state index in [0.29, 0.717) is 36.1 Å². The van der Waals surface area contributed by atoms with E-state index in [1.807, 2.05) is 0 Å². The number of carbonyl (C=O) groups is 4. The van der Waals surface area contributed by atoms with Crippen LogP contribution in [0.25, 0.3) is 0 Å². The van der Waals surface area contributed by atoms with Gasteiger partial charge in [0.2, 0.25) is 23.6 Å². The van der Waals surface area contributed by atoms with E-state index in [9.17, 15) is 29.4 Å². The third-order valence-corrected chi connectivity index (χ3v) is 11.4. The van der Waals surface area contributed by atoms with E-state index in [1.54, 1.807) is 0 Å². The number of rotatable bonds is 37. The fraction of sp³-hybridized carbons (Fsp3) is 0.895. The van der Waals surface area contributed by atoms with Crippen molar-refractivity contribution in [2.75, 3.05) is 49.3 Å². The van der Waals surface area contributed by atoms with Crippen LogP contribution in [0.3, 0.4) is 0 Å². The number of nitrogens with two attached hydrogens (primary N) is 2. The highest BCUT2D eigenvalue weighted by Gasteiger charge is 2.24. The summed E-state index contributed by atoms with van der Waals surface area (Å²) in [5, 5.41) is 30.0. The van der Waals surface area contributed by atoms with Gasteiger partial charge in [-0.2, -0.15) is 23.5 Å². The van der Waals surface area contributed by atoms with Crippen LogP contribution in [0.1, 0.15) is 142 Å². The van der Waals surface area contributed by atoms with Crippen molar-refractivity contribution in [2.45, 2.75) is 166 Å². The molecule has 0 spiro atoms. The Morgan fingerprint density at radius 3 is 1.06 bits per heavy atom. The SMILES string of the molecule is CCCCCCCCCCCCNC(=O)C(CO)NC(=O)C(N)CSCCSCC(N)C(=O)NC(CO)C(=O)NCCCCCCCCCCCC. The van der Waals surface area contributed by atoms with Crippen molar-refractivity contribution in [2.24, 2.45) is 11.5 Å². The van der Waals surface area contributed by atoms with E-state index in [1.165, 1.54) is 113 Å². The normalized spacial score (nSPS) is 13.6. The van der Waals surface area contributed by atoms with Crippen LogP contribution in [0, 0.1) is 0 Å². The molecule has 4 unspecified atom stereocenters. The Balaban J connectivity index is 4.04. The van der Waals surface area contributed by atoms with Crippen molar-refractivity contribution in [1.82, 2.24) is 21.3 Å². The topological polar surface area (TPSA) is 209 Å². The second kappa shape index (κ2) is 36.4. The smallest absolute Gasteiger partial charge is 0.244 e. The largest absolute Gasteiger partial charge is 0.394 e. The van der Waals surface area contributed by atoms with Gasteiger partial charge in [0.15, 0.2) is 0 Å². The van der Waals surface area contributed by atoms with Crippen molar-refractivity contribution in [3.63, 3.8) is 0 Å². The minimum atomic E-state index is -1.05. The maximum atomic E-state index is 12.5. The molecule has 0 aliphatic heterocycles. The second-order valence-electron chi connectivity index (χ2n) is 13.8. The Morgan fingerprint density at radius 2 is 0.769 bits per heavy atom. The van der Waals surface area contributed by atoms with Gasteiger partial charge in [-0.25, -0.2) is 0 Å². The van der Waals surface area contributed by atoms with Gasteiger partial charge in [-0.3, -0.25) is 19.2 Å². The van der Waals surface area contributed by atoms with Gasteiger partial charge in [-0.05, 0) is 12.8 Å². The van der Waals surface area contributed by atoms with Crippen LogP contribution in [0.5, 0.6) is 0 Å². The van der Waals surface area contributed by atoms with Gasteiger partial charge < -0.3 is 42.9 Å². The summed E-state index contributed by atoms with van der Waals surface area (Å²) in [6.45, 7) is 4.43. The quantitative estimate of drug-likeness (QED) is 0.0423. The van der Waals surface area contributed by atoms with Gasteiger partial charge in [0, 0.05) is 36.1 Å². The third kappa shape index (κ3) is 28.9. The van der Waals surface area contributed by atoms with Gasteiger partial charge in [-0.1, -0.05) is 129 Å². The molecule has 0 rings (SSSR count). The monoisotopic (exact) mass is 777 g/mol. The first-order chi connectivity index (χ1) is 25.2. The number of amides is 4. The highest BCUT2D eigenvalue weighted by molar-refractivity contribution is 8.03. The Kier molecular flexibility index (Phi) is 35.3. The summed E-state index contributed by atoms with van der Waals surface area (Å²) < 4.78 is 0. The number of carbonyl (C=O) groups excluding carboxylic acids is 4. The summed E-state index contributed by atoms with van der Waals surface area (Å²) in [6, 6.07) is -3.79. The zero-order valence-electron chi connectivity index (χ0n) is 32.6. The molecule has 0 aliphatic rings. The Morgan fingerprint density at radius 1 is 0.481 bits per heavy atom. The minimum absolute atomic E-state index is 0.323. The zero-order valence-corrected chi connectivity index (χ0v) is 34.2. The molecule has 52 heavy (non-hydrogen) atoms. The fourth-order valence-corrected chi connectivity index (χ4v) is 7.62. The van der Waals surface area contributed by atoms with Crippen molar-refractivity contribution >= 4 is 47.2 Å². The first kappa shape index (κ1) is 50.4. The fourth-order valence-electron chi connectivity index (χ4n) is 5.53. The molecule has 14 heteroatoms. The molecule has 0 heterocycles. The molecule has 4 amide bonds. The van der Waals surface area contributed by atoms with E-state index >= 15 is 0 Å². The Bertz CT molecular complexity index is 836. The first-order valence-electron chi connectivity index (χ1n) is 20.3. The summed E-state index contributed by atoms with van der Waals surface area (Å²) in [7, 11) is 0. The first-order valence-corrected chi connectivity index (χ1v) is 22.6. The van der Waals surface area contributed by atoms with E-state index in [4.69, 9.17) is 11.5 Å². The second-order valence-corrected chi connectivity index (χ2v) is 16.1. The molecule has 0 aliphatic carbocycles. The Labute approximate surface area is 324 Å². The maximum Gasteiger partial charge on any atom is 0.244 e.